The van der Waals surface area contributed by atoms with E-state index in [1.807, 2.05) is 79.7 Å². The van der Waals surface area contributed by atoms with E-state index < -0.39 is 6.03 Å². The van der Waals surface area contributed by atoms with Gasteiger partial charge in [-0.3, -0.25) is 9.59 Å². The van der Waals surface area contributed by atoms with Gasteiger partial charge in [-0.05, 0) is 66.4 Å². The van der Waals surface area contributed by atoms with Gasteiger partial charge < -0.3 is 29.7 Å². The first-order valence-corrected chi connectivity index (χ1v) is 14.9. The Labute approximate surface area is 263 Å². The number of ether oxygens (including phenoxy) is 3. The molecule has 0 saturated carbocycles. The Morgan fingerprint density at radius 1 is 0.889 bits per heavy atom. The minimum atomic E-state index is -0.396. The quantitative estimate of drug-likeness (QED) is 0.194. The molecule has 2 N–H and O–H groups in total. The first kappa shape index (κ1) is 31.1. The van der Waals surface area contributed by atoms with E-state index in [9.17, 15) is 14.4 Å². The molecule has 0 unspecified atom stereocenters. The molecule has 0 fully saturated rings. The second kappa shape index (κ2) is 14.4. The lowest BCUT2D eigenvalue weighted by Crippen LogP contribution is -2.39. The highest BCUT2D eigenvalue weighted by atomic mass is 16.5. The van der Waals surface area contributed by atoms with Crippen LogP contribution in [-0.4, -0.2) is 44.8 Å². The normalized spacial score (nSPS) is 12.7. The fourth-order valence-electron chi connectivity index (χ4n) is 5.42. The van der Waals surface area contributed by atoms with Gasteiger partial charge in [-0.2, -0.15) is 0 Å². The Bertz CT molecular complexity index is 1670. The summed E-state index contributed by atoms with van der Waals surface area (Å²) < 4.78 is 16.8. The third-order valence-electron chi connectivity index (χ3n) is 7.69. The maximum Gasteiger partial charge on any atom is 0.323 e. The van der Waals surface area contributed by atoms with Gasteiger partial charge in [0.05, 0.1) is 44.5 Å². The molecule has 4 aromatic carbocycles. The van der Waals surface area contributed by atoms with Crippen molar-refractivity contribution in [3.63, 3.8) is 0 Å². The fourth-order valence-corrected chi connectivity index (χ4v) is 5.42. The molecule has 45 heavy (non-hydrogen) atoms. The average molecular weight is 608 g/mol. The number of benzene rings is 4. The molecule has 0 radical (unpaired) electrons. The molecule has 0 aliphatic carbocycles. The molecule has 0 spiro atoms. The molecule has 5 rings (SSSR count). The van der Waals surface area contributed by atoms with E-state index >= 15 is 0 Å². The van der Waals surface area contributed by atoms with E-state index in [4.69, 9.17) is 14.2 Å². The minimum Gasteiger partial charge on any atom is -0.495 e. The van der Waals surface area contributed by atoms with Gasteiger partial charge in [-0.1, -0.05) is 60.7 Å². The smallest absolute Gasteiger partial charge is 0.323 e. The van der Waals surface area contributed by atoms with Crippen LogP contribution in [0.25, 0.3) is 0 Å². The monoisotopic (exact) mass is 607 g/mol. The van der Waals surface area contributed by atoms with E-state index in [-0.39, 0.29) is 30.6 Å². The number of methoxy groups -OCH3 is 1. The van der Waals surface area contributed by atoms with Crippen molar-refractivity contribution in [1.82, 2.24) is 0 Å². The highest BCUT2D eigenvalue weighted by Gasteiger charge is 2.27. The Hall–Kier alpha value is -5.31. The van der Waals surface area contributed by atoms with Crippen LogP contribution in [0.15, 0.2) is 91.0 Å². The SMILES string of the molecule is CCOC(=O)C[C@H](c1ccccc1)c1ccc2c(c1)OCCN2C(=O)Cc1ccc(NC(=O)Nc2ccccc2C)c(OC)c1. The molecule has 1 atom stereocenters. The minimum absolute atomic E-state index is 0.0986. The predicted molar refractivity (Wildman–Crippen MR) is 174 cm³/mol. The lowest BCUT2D eigenvalue weighted by atomic mass is 9.88. The average Bonchev–Trinajstić information content (AvgIpc) is 3.05. The van der Waals surface area contributed by atoms with Crippen molar-refractivity contribution < 1.29 is 28.6 Å². The topological polar surface area (TPSA) is 106 Å². The van der Waals surface area contributed by atoms with Crippen LogP contribution in [-0.2, 0) is 20.7 Å². The Balaban J connectivity index is 1.30. The number of nitrogens with zero attached hydrogens (tertiary/aromatic N) is 1. The molecule has 1 aliphatic heterocycles. The molecular weight excluding hydrogens is 570 g/mol. The van der Waals surface area contributed by atoms with Gasteiger partial charge in [-0.25, -0.2) is 4.79 Å². The highest BCUT2D eigenvalue weighted by molar-refractivity contribution is 6.01. The maximum atomic E-state index is 13.6. The molecule has 232 valence electrons. The van der Waals surface area contributed by atoms with Crippen LogP contribution in [0.5, 0.6) is 11.5 Å². The second-order valence-corrected chi connectivity index (χ2v) is 10.7. The number of para-hydroxylation sites is 1. The number of aryl methyl sites for hydroxylation is 1. The number of esters is 1. The van der Waals surface area contributed by atoms with E-state index in [2.05, 4.69) is 10.6 Å². The number of rotatable bonds is 10. The van der Waals surface area contributed by atoms with Crippen LogP contribution < -0.4 is 25.0 Å². The first-order valence-electron chi connectivity index (χ1n) is 14.9. The van der Waals surface area contributed by atoms with Crippen LogP contribution in [0.3, 0.4) is 0 Å². The molecule has 0 saturated heterocycles. The Morgan fingerprint density at radius 3 is 2.40 bits per heavy atom. The fraction of sp³-hybridized carbons (Fsp3) is 0.250. The predicted octanol–water partition coefficient (Wildman–Crippen LogP) is 6.70. The number of carbonyl (C=O) groups excluding carboxylic acids is 3. The van der Waals surface area contributed by atoms with Gasteiger partial charge in [0.15, 0.2) is 0 Å². The van der Waals surface area contributed by atoms with Crippen molar-refractivity contribution in [3.05, 3.63) is 113 Å². The summed E-state index contributed by atoms with van der Waals surface area (Å²) in [5, 5.41) is 5.67. The lowest BCUT2D eigenvalue weighted by Gasteiger charge is -2.31. The van der Waals surface area contributed by atoms with Crippen molar-refractivity contribution in [2.75, 3.05) is 42.4 Å². The third-order valence-corrected chi connectivity index (χ3v) is 7.69. The number of hydrogen-bond acceptors (Lipinski definition) is 6. The molecular formula is C36H37N3O6. The molecule has 4 aromatic rings. The summed E-state index contributed by atoms with van der Waals surface area (Å²) in [6.07, 6.45) is 0.322. The highest BCUT2D eigenvalue weighted by Crippen LogP contribution is 2.38. The van der Waals surface area contributed by atoms with Crippen molar-refractivity contribution in [1.29, 1.82) is 0 Å². The zero-order valence-electron chi connectivity index (χ0n) is 25.7. The number of carbonyl (C=O) groups is 3. The first-order chi connectivity index (χ1) is 21.9. The summed E-state index contributed by atoms with van der Waals surface area (Å²) in [4.78, 5) is 40.4. The standard InChI is InChI=1S/C36H37N3O6/c1-4-44-35(41)23-28(26-11-6-5-7-12-26)27-15-17-31-33(22-27)45-19-18-39(31)34(40)21-25-14-16-30(32(20-25)43-3)38-36(42)37-29-13-9-8-10-24(29)2/h5-17,20,22,28H,4,18-19,21,23H2,1-3H3,(H2,37,38,42)/t28-/m1/s1. The van der Waals surface area contributed by atoms with Crippen molar-refractivity contribution in [2.24, 2.45) is 0 Å². The molecule has 9 nitrogen and oxygen atoms in total. The van der Waals surface area contributed by atoms with Gasteiger partial charge in [0.25, 0.3) is 0 Å². The summed E-state index contributed by atoms with van der Waals surface area (Å²) in [5.74, 6) is 0.446. The molecule has 9 heteroatoms. The summed E-state index contributed by atoms with van der Waals surface area (Å²) in [6.45, 7) is 4.78. The largest absolute Gasteiger partial charge is 0.495 e. The second-order valence-electron chi connectivity index (χ2n) is 10.7. The third kappa shape index (κ3) is 7.62. The van der Waals surface area contributed by atoms with Gasteiger partial charge >= 0.3 is 12.0 Å². The number of anilines is 3. The summed E-state index contributed by atoms with van der Waals surface area (Å²) in [5.41, 5.74) is 5.46. The van der Waals surface area contributed by atoms with E-state index in [1.165, 1.54) is 7.11 Å². The van der Waals surface area contributed by atoms with Crippen LogP contribution in [0.1, 0.15) is 41.5 Å². The number of nitrogens with one attached hydrogen (secondary N) is 2. The Morgan fingerprint density at radius 2 is 1.64 bits per heavy atom. The number of hydrogen-bond donors (Lipinski definition) is 2. The summed E-state index contributed by atoms with van der Waals surface area (Å²) >= 11 is 0. The molecule has 0 aromatic heterocycles. The van der Waals surface area contributed by atoms with Gasteiger partial charge in [0.1, 0.15) is 18.1 Å². The van der Waals surface area contributed by atoms with E-state index in [0.29, 0.717) is 48.3 Å². The number of amides is 3. The van der Waals surface area contributed by atoms with Crippen LogP contribution in [0, 0.1) is 6.92 Å². The molecule has 3 amide bonds. The number of fused-ring (bicyclic) bond motifs is 1. The number of urea groups is 1. The summed E-state index contributed by atoms with van der Waals surface area (Å²) in [6, 6.07) is 27.9. The van der Waals surface area contributed by atoms with Crippen molar-refractivity contribution in [2.45, 2.75) is 32.6 Å². The zero-order valence-corrected chi connectivity index (χ0v) is 25.7. The van der Waals surface area contributed by atoms with Gasteiger partial charge in [0, 0.05) is 11.6 Å². The summed E-state index contributed by atoms with van der Waals surface area (Å²) in [7, 11) is 1.52. The van der Waals surface area contributed by atoms with Crippen molar-refractivity contribution in [3.8, 4) is 11.5 Å². The maximum absolute atomic E-state index is 13.6. The molecule has 1 aliphatic rings. The van der Waals surface area contributed by atoms with Crippen LogP contribution in [0.4, 0.5) is 21.9 Å². The van der Waals surface area contributed by atoms with Crippen LogP contribution >= 0.6 is 0 Å². The lowest BCUT2D eigenvalue weighted by molar-refractivity contribution is -0.143. The van der Waals surface area contributed by atoms with Gasteiger partial charge in [-0.15, -0.1) is 0 Å². The van der Waals surface area contributed by atoms with Crippen LogP contribution in [0.2, 0.25) is 0 Å². The van der Waals surface area contributed by atoms with E-state index in [0.717, 1.165) is 22.3 Å². The Kier molecular flexibility index (Phi) is 9.99. The zero-order chi connectivity index (χ0) is 31.8. The van der Waals surface area contributed by atoms with Gasteiger partial charge in [0.2, 0.25) is 5.91 Å². The molecule has 1 heterocycles. The van der Waals surface area contributed by atoms with E-state index in [1.54, 1.807) is 30.0 Å². The molecule has 0 bridgehead atoms. The van der Waals surface area contributed by atoms with Crippen molar-refractivity contribution >= 4 is 35.0 Å².